The smallest absolute Gasteiger partial charge is 0.364 e. The third kappa shape index (κ3) is 3.57. The molecule has 102 valence electrons. The Balaban J connectivity index is 2.22. The lowest BCUT2D eigenvalue weighted by molar-refractivity contribution is -0.137. The predicted molar refractivity (Wildman–Crippen MR) is 69.2 cm³/mol. The maximum absolute atomic E-state index is 12.8. The van der Waals surface area contributed by atoms with E-state index in [9.17, 15) is 18.0 Å². The molecule has 0 saturated heterocycles. The van der Waals surface area contributed by atoms with E-state index in [1.54, 1.807) is 5.38 Å². The summed E-state index contributed by atoms with van der Waals surface area (Å²) in [5.74, 6) is -0.275. The van der Waals surface area contributed by atoms with Crippen LogP contribution in [0, 0.1) is 0 Å². The van der Waals surface area contributed by atoms with Crippen LogP contribution in [-0.2, 0) is 12.7 Å². The molecule has 9 heteroatoms. The summed E-state index contributed by atoms with van der Waals surface area (Å²) in [4.78, 5) is 16.9. The van der Waals surface area contributed by atoms with E-state index in [0.717, 1.165) is 17.4 Å². The van der Waals surface area contributed by atoms with Gasteiger partial charge in [-0.15, -0.1) is 0 Å². The van der Waals surface area contributed by atoms with Crippen LogP contribution < -0.4 is 10.2 Å². The lowest BCUT2D eigenvalue weighted by Crippen LogP contribution is -2.13. The summed E-state index contributed by atoms with van der Waals surface area (Å²) in [6, 6.07) is 0.950. The molecule has 0 saturated carbocycles. The number of pyridine rings is 1. The van der Waals surface area contributed by atoms with E-state index >= 15 is 0 Å². The number of hydrogen-bond donors (Lipinski definition) is 2. The highest BCUT2D eigenvalue weighted by Gasteiger charge is 2.34. The van der Waals surface area contributed by atoms with Crippen LogP contribution in [0.2, 0.25) is 0 Å². The summed E-state index contributed by atoms with van der Waals surface area (Å²) >= 11 is 3.90. The largest absolute Gasteiger partial charge is 0.419 e. The fourth-order valence-electron chi connectivity index (χ4n) is 1.38. The summed E-state index contributed by atoms with van der Waals surface area (Å²) in [5, 5.41) is 4.10. The van der Waals surface area contributed by atoms with Gasteiger partial charge in [-0.25, -0.2) is 4.98 Å². The van der Waals surface area contributed by atoms with Crippen molar-refractivity contribution < 1.29 is 13.2 Å². The second kappa shape index (κ2) is 5.33. The van der Waals surface area contributed by atoms with E-state index in [-0.39, 0.29) is 21.7 Å². The molecule has 0 spiro atoms. The topological polar surface area (TPSA) is 57.8 Å². The second-order valence-electron chi connectivity index (χ2n) is 3.57. The molecule has 0 aromatic carbocycles. The second-order valence-corrected chi connectivity index (χ2v) is 5.33. The maximum atomic E-state index is 12.8. The van der Waals surface area contributed by atoms with Crippen molar-refractivity contribution in [3.8, 4) is 0 Å². The highest BCUT2D eigenvalue weighted by atomic mass is 79.9. The standard InChI is InChI=1S/C10H7BrF3N3OS/c11-5-1-7(10(12,13)14)8(15-2-5)16-3-6-4-19-9(18)17-6/h1-2,4H,3H2,(H,15,16)(H,17,18). The molecule has 19 heavy (non-hydrogen) atoms. The van der Waals surface area contributed by atoms with Gasteiger partial charge in [-0.3, -0.25) is 4.79 Å². The molecule has 0 bridgehead atoms. The third-order valence-electron chi connectivity index (χ3n) is 2.18. The van der Waals surface area contributed by atoms with Gasteiger partial charge in [0.2, 0.25) is 0 Å². The lowest BCUT2D eigenvalue weighted by Gasteiger charge is -2.13. The zero-order chi connectivity index (χ0) is 14.0. The Labute approximate surface area is 117 Å². The number of halogens is 4. The minimum atomic E-state index is -4.50. The van der Waals surface area contributed by atoms with Gasteiger partial charge in [0.25, 0.3) is 0 Å². The summed E-state index contributed by atoms with van der Waals surface area (Å²) < 4.78 is 38.6. The van der Waals surface area contributed by atoms with Gasteiger partial charge < -0.3 is 10.3 Å². The monoisotopic (exact) mass is 353 g/mol. The number of aromatic amines is 1. The molecule has 0 fully saturated rings. The number of aromatic nitrogens is 2. The molecule has 0 aliphatic rings. The number of hydrogen-bond acceptors (Lipinski definition) is 4. The molecule has 0 atom stereocenters. The van der Waals surface area contributed by atoms with Gasteiger partial charge in [0.05, 0.1) is 12.1 Å². The minimum Gasteiger partial charge on any atom is -0.364 e. The molecule has 0 amide bonds. The van der Waals surface area contributed by atoms with Gasteiger partial charge in [-0.2, -0.15) is 13.2 Å². The molecule has 2 aromatic heterocycles. The van der Waals surface area contributed by atoms with Gasteiger partial charge in [0.15, 0.2) is 0 Å². The number of rotatable bonds is 3. The Bertz CT molecular complexity index is 637. The molecular formula is C10H7BrF3N3OS. The minimum absolute atomic E-state index is 0.0659. The third-order valence-corrected chi connectivity index (χ3v) is 3.33. The van der Waals surface area contributed by atoms with Gasteiger partial charge in [-0.05, 0) is 22.0 Å². The average Bonchev–Trinajstić information content (AvgIpc) is 2.72. The van der Waals surface area contributed by atoms with Crippen LogP contribution in [0.4, 0.5) is 19.0 Å². The van der Waals surface area contributed by atoms with Crippen LogP contribution in [0.3, 0.4) is 0 Å². The normalized spacial score (nSPS) is 11.6. The lowest BCUT2D eigenvalue weighted by atomic mass is 10.2. The first kappa shape index (κ1) is 14.1. The van der Waals surface area contributed by atoms with E-state index in [0.29, 0.717) is 5.69 Å². The van der Waals surface area contributed by atoms with Crippen molar-refractivity contribution in [1.82, 2.24) is 9.97 Å². The Morgan fingerprint density at radius 1 is 1.47 bits per heavy atom. The first-order valence-corrected chi connectivity index (χ1v) is 6.67. The Morgan fingerprint density at radius 3 is 2.79 bits per heavy atom. The fraction of sp³-hybridized carbons (Fsp3) is 0.200. The molecule has 2 heterocycles. The quantitative estimate of drug-likeness (QED) is 0.890. The maximum Gasteiger partial charge on any atom is 0.419 e. The zero-order valence-electron chi connectivity index (χ0n) is 9.21. The first-order valence-electron chi connectivity index (χ1n) is 4.99. The first-order chi connectivity index (χ1) is 8.86. The summed E-state index contributed by atoms with van der Waals surface area (Å²) in [6.45, 7) is 0.0659. The van der Waals surface area contributed by atoms with Crippen molar-refractivity contribution in [2.24, 2.45) is 0 Å². The highest BCUT2D eigenvalue weighted by molar-refractivity contribution is 9.10. The summed E-state index contributed by atoms with van der Waals surface area (Å²) in [5.41, 5.74) is -0.354. The van der Waals surface area contributed by atoms with Crippen molar-refractivity contribution in [2.45, 2.75) is 12.7 Å². The van der Waals surface area contributed by atoms with Crippen LogP contribution in [-0.4, -0.2) is 9.97 Å². The molecule has 0 unspecified atom stereocenters. The van der Waals surface area contributed by atoms with E-state index in [4.69, 9.17) is 0 Å². The van der Waals surface area contributed by atoms with E-state index in [1.807, 2.05) is 0 Å². The Hall–Kier alpha value is -1.35. The Kier molecular flexibility index (Phi) is 3.95. The van der Waals surface area contributed by atoms with Crippen LogP contribution >= 0.6 is 27.3 Å². The SMILES string of the molecule is O=c1[nH]c(CNc2ncc(Br)cc2C(F)(F)F)cs1. The van der Waals surface area contributed by atoms with Crippen molar-refractivity contribution >= 4 is 33.1 Å². The number of nitrogens with one attached hydrogen (secondary N) is 2. The summed E-state index contributed by atoms with van der Waals surface area (Å²) in [7, 11) is 0. The van der Waals surface area contributed by atoms with Gasteiger partial charge in [0.1, 0.15) is 5.82 Å². The number of H-pyrrole nitrogens is 1. The van der Waals surface area contributed by atoms with Crippen molar-refractivity contribution in [3.63, 3.8) is 0 Å². The van der Waals surface area contributed by atoms with E-state index in [2.05, 4.69) is 31.2 Å². The Morgan fingerprint density at radius 2 is 2.21 bits per heavy atom. The van der Waals surface area contributed by atoms with Gasteiger partial charge in [-0.1, -0.05) is 11.3 Å². The fourth-order valence-corrected chi connectivity index (χ4v) is 2.29. The van der Waals surface area contributed by atoms with Crippen molar-refractivity contribution in [2.75, 3.05) is 5.32 Å². The van der Waals surface area contributed by atoms with Crippen molar-refractivity contribution in [3.05, 3.63) is 43.0 Å². The number of nitrogens with zero attached hydrogens (tertiary/aromatic N) is 1. The zero-order valence-corrected chi connectivity index (χ0v) is 11.6. The molecule has 0 aliphatic heterocycles. The summed E-state index contributed by atoms with van der Waals surface area (Å²) in [6.07, 6.45) is -3.23. The van der Waals surface area contributed by atoms with E-state index in [1.165, 1.54) is 6.20 Å². The molecule has 4 nitrogen and oxygen atoms in total. The highest BCUT2D eigenvalue weighted by Crippen LogP contribution is 2.35. The van der Waals surface area contributed by atoms with E-state index < -0.39 is 11.7 Å². The molecule has 2 rings (SSSR count). The van der Waals surface area contributed by atoms with Gasteiger partial charge in [0, 0.05) is 21.7 Å². The molecular weight excluding hydrogens is 347 g/mol. The number of alkyl halides is 3. The molecule has 2 N–H and O–H groups in total. The van der Waals surface area contributed by atoms with Crippen LogP contribution in [0.5, 0.6) is 0 Å². The number of thiazole rings is 1. The van der Waals surface area contributed by atoms with Gasteiger partial charge >= 0.3 is 11.0 Å². The molecule has 2 aromatic rings. The molecule has 0 aliphatic carbocycles. The van der Waals surface area contributed by atoms with Crippen molar-refractivity contribution in [1.29, 1.82) is 0 Å². The van der Waals surface area contributed by atoms with Crippen LogP contribution in [0.15, 0.2) is 26.9 Å². The van der Waals surface area contributed by atoms with Crippen LogP contribution in [0.1, 0.15) is 11.3 Å². The average molecular weight is 354 g/mol. The van der Waals surface area contributed by atoms with Crippen LogP contribution in [0.25, 0.3) is 0 Å². The predicted octanol–water partition coefficient (Wildman–Crippen LogP) is 3.22. The molecule has 0 radical (unpaired) electrons. The number of anilines is 1.